The van der Waals surface area contributed by atoms with Crippen molar-refractivity contribution < 1.29 is 18.8 Å². The summed E-state index contributed by atoms with van der Waals surface area (Å²) in [6.45, 7) is 7.85. The molecule has 5 nitrogen and oxygen atoms in total. The summed E-state index contributed by atoms with van der Waals surface area (Å²) in [4.78, 5) is 23.6. The van der Waals surface area contributed by atoms with Gasteiger partial charge in [-0.1, -0.05) is 30.3 Å². The Hall–Kier alpha value is -1.82. The predicted molar refractivity (Wildman–Crippen MR) is 83.4 cm³/mol. The Labute approximate surface area is 126 Å². The van der Waals surface area contributed by atoms with Crippen LogP contribution in [0.25, 0.3) is 0 Å². The number of ether oxygens (including phenoxy) is 1. The van der Waals surface area contributed by atoms with Gasteiger partial charge in [-0.05, 0) is 32.1 Å². The molecule has 0 bridgehead atoms. The van der Waals surface area contributed by atoms with Gasteiger partial charge < -0.3 is 14.5 Å². The number of carbonyl (C=O) groups excluding carboxylic acids is 2. The van der Waals surface area contributed by atoms with Crippen molar-refractivity contribution in [2.24, 2.45) is 0 Å². The molecule has 6 heteroatoms. The quantitative estimate of drug-likeness (QED) is 0.647. The lowest BCUT2D eigenvalue weighted by Gasteiger charge is -2.22. The lowest BCUT2D eigenvalue weighted by molar-refractivity contribution is -0.143. The fourth-order valence-electron chi connectivity index (χ4n) is 1.77. The molecular formula is C15H23NO4Si. The van der Waals surface area contributed by atoms with Crippen molar-refractivity contribution in [2.75, 3.05) is 6.61 Å². The highest BCUT2D eigenvalue weighted by atomic mass is 28.4. The third-order valence-corrected chi connectivity index (χ3v) is 3.37. The molecule has 0 spiro atoms. The van der Waals surface area contributed by atoms with Crippen LogP contribution in [0.4, 0.5) is 4.79 Å². The number of hydrogen-bond donors (Lipinski definition) is 1. The molecule has 1 N–H and O–H groups in total. The number of esters is 1. The maximum Gasteiger partial charge on any atom is 0.394 e. The second-order valence-corrected chi connectivity index (χ2v) is 10.0. The molecule has 0 radical (unpaired) electrons. The van der Waals surface area contributed by atoms with E-state index in [1.165, 1.54) is 0 Å². The lowest BCUT2D eigenvalue weighted by atomic mass is 10.0. The highest BCUT2D eigenvalue weighted by molar-refractivity contribution is 6.71. The highest BCUT2D eigenvalue weighted by Crippen LogP contribution is 2.18. The maximum atomic E-state index is 11.9. The van der Waals surface area contributed by atoms with Crippen molar-refractivity contribution >= 4 is 20.4 Å². The molecule has 1 rings (SSSR count). The second-order valence-electron chi connectivity index (χ2n) is 5.62. The maximum absolute atomic E-state index is 11.9. The summed E-state index contributed by atoms with van der Waals surface area (Å²) in [5, 5.41) is 2.75. The second kappa shape index (κ2) is 7.83. The van der Waals surface area contributed by atoms with Crippen LogP contribution in [-0.4, -0.2) is 27.0 Å². The van der Waals surface area contributed by atoms with Gasteiger partial charge in [0.25, 0.3) is 0 Å². The van der Waals surface area contributed by atoms with Crippen LogP contribution in [0.5, 0.6) is 0 Å². The topological polar surface area (TPSA) is 64.6 Å². The van der Waals surface area contributed by atoms with Gasteiger partial charge in [-0.3, -0.25) is 4.79 Å². The van der Waals surface area contributed by atoms with Crippen molar-refractivity contribution in [1.29, 1.82) is 0 Å². The van der Waals surface area contributed by atoms with Crippen molar-refractivity contribution in [3.8, 4) is 0 Å². The first-order chi connectivity index (χ1) is 9.81. The number of amides is 1. The standard InChI is InChI=1S/C15H23NO4Si/c1-5-19-14(17)11-13(12-9-7-6-8-10-12)16-15(18)20-21(2,3)4/h6-10,13H,5,11H2,1-4H3,(H,16,18). The first kappa shape index (κ1) is 17.2. The first-order valence-corrected chi connectivity index (χ1v) is 10.4. The minimum absolute atomic E-state index is 0.0820. The van der Waals surface area contributed by atoms with E-state index in [0.717, 1.165) is 5.56 Å². The van der Waals surface area contributed by atoms with Gasteiger partial charge in [-0.25, -0.2) is 4.79 Å². The van der Waals surface area contributed by atoms with E-state index in [4.69, 9.17) is 9.16 Å². The molecule has 0 aromatic heterocycles. The van der Waals surface area contributed by atoms with Crippen LogP contribution in [-0.2, 0) is 14.0 Å². The Morgan fingerprint density at radius 2 is 1.81 bits per heavy atom. The third-order valence-electron chi connectivity index (χ3n) is 2.57. The first-order valence-electron chi connectivity index (χ1n) is 7.02. The van der Waals surface area contributed by atoms with E-state index in [1.807, 2.05) is 50.0 Å². The Morgan fingerprint density at radius 1 is 1.19 bits per heavy atom. The number of rotatable bonds is 6. The summed E-state index contributed by atoms with van der Waals surface area (Å²) in [6, 6.07) is 8.87. The highest BCUT2D eigenvalue weighted by Gasteiger charge is 2.24. The van der Waals surface area contributed by atoms with E-state index in [9.17, 15) is 9.59 Å². The lowest BCUT2D eigenvalue weighted by Crippen LogP contribution is -2.38. The molecule has 0 saturated carbocycles. The smallest absolute Gasteiger partial charge is 0.394 e. The molecule has 0 aliphatic carbocycles. The third kappa shape index (κ3) is 6.94. The number of hydrogen-bond acceptors (Lipinski definition) is 4. The SMILES string of the molecule is CCOC(=O)CC(NC(=O)O[Si](C)(C)C)c1ccccc1. The minimum atomic E-state index is -1.97. The summed E-state index contributed by atoms with van der Waals surface area (Å²) < 4.78 is 10.3. The van der Waals surface area contributed by atoms with Crippen LogP contribution < -0.4 is 5.32 Å². The zero-order chi connectivity index (χ0) is 15.9. The fourth-order valence-corrected chi connectivity index (χ4v) is 2.39. The van der Waals surface area contributed by atoms with Crippen molar-refractivity contribution in [3.63, 3.8) is 0 Å². The molecule has 21 heavy (non-hydrogen) atoms. The Balaban J connectivity index is 2.78. The van der Waals surface area contributed by atoms with Gasteiger partial charge in [0.2, 0.25) is 8.32 Å². The van der Waals surface area contributed by atoms with Crippen LogP contribution in [0.2, 0.25) is 19.6 Å². The van der Waals surface area contributed by atoms with Crippen LogP contribution in [0, 0.1) is 0 Å². The molecule has 116 valence electrons. The average molecular weight is 309 g/mol. The molecule has 1 aromatic carbocycles. The summed E-state index contributed by atoms with van der Waals surface area (Å²) in [5.41, 5.74) is 0.845. The average Bonchev–Trinajstić information content (AvgIpc) is 2.37. The zero-order valence-electron chi connectivity index (χ0n) is 13.0. The number of nitrogens with one attached hydrogen (secondary N) is 1. The van der Waals surface area contributed by atoms with E-state index < -0.39 is 20.5 Å². The van der Waals surface area contributed by atoms with Crippen molar-refractivity contribution in [3.05, 3.63) is 35.9 Å². The molecule has 1 aromatic rings. The van der Waals surface area contributed by atoms with E-state index >= 15 is 0 Å². The summed E-state index contributed by atoms with van der Waals surface area (Å²) in [7, 11) is -1.97. The van der Waals surface area contributed by atoms with Crippen molar-refractivity contribution in [2.45, 2.75) is 39.0 Å². The molecule has 0 saturated heterocycles. The monoisotopic (exact) mass is 309 g/mol. The molecule has 1 atom stereocenters. The van der Waals surface area contributed by atoms with Gasteiger partial charge in [0.15, 0.2) is 0 Å². The molecule has 0 aliphatic heterocycles. The van der Waals surface area contributed by atoms with Gasteiger partial charge in [-0.15, -0.1) is 0 Å². The molecule has 0 fully saturated rings. The predicted octanol–water partition coefficient (Wildman–Crippen LogP) is 3.24. The minimum Gasteiger partial charge on any atom is -0.504 e. The van der Waals surface area contributed by atoms with Crippen LogP contribution in [0.3, 0.4) is 0 Å². The normalized spacial score (nSPS) is 12.4. The van der Waals surface area contributed by atoms with Crippen LogP contribution in [0.1, 0.15) is 24.9 Å². The summed E-state index contributed by atoms with van der Waals surface area (Å²) in [5.74, 6) is -0.348. The molecule has 1 unspecified atom stereocenters. The van der Waals surface area contributed by atoms with Crippen LogP contribution in [0.15, 0.2) is 30.3 Å². The van der Waals surface area contributed by atoms with Gasteiger partial charge in [-0.2, -0.15) is 0 Å². The molecule has 0 aliphatic rings. The molecule has 0 heterocycles. The summed E-state index contributed by atoms with van der Waals surface area (Å²) in [6.07, 6.45) is -0.411. The van der Waals surface area contributed by atoms with Gasteiger partial charge in [0.05, 0.1) is 19.1 Å². The number of carbonyl (C=O) groups is 2. The molecule has 1 amide bonds. The Morgan fingerprint density at radius 3 is 2.33 bits per heavy atom. The van der Waals surface area contributed by atoms with Crippen LogP contribution >= 0.6 is 0 Å². The van der Waals surface area contributed by atoms with E-state index in [1.54, 1.807) is 6.92 Å². The Kier molecular flexibility index (Phi) is 6.42. The Bertz CT molecular complexity index is 470. The largest absolute Gasteiger partial charge is 0.504 e. The van der Waals surface area contributed by atoms with Gasteiger partial charge >= 0.3 is 12.1 Å². The van der Waals surface area contributed by atoms with E-state index in [0.29, 0.717) is 6.61 Å². The van der Waals surface area contributed by atoms with E-state index in [-0.39, 0.29) is 12.4 Å². The molecular weight excluding hydrogens is 286 g/mol. The summed E-state index contributed by atoms with van der Waals surface area (Å²) >= 11 is 0. The van der Waals surface area contributed by atoms with E-state index in [2.05, 4.69) is 5.32 Å². The number of benzene rings is 1. The van der Waals surface area contributed by atoms with Gasteiger partial charge in [0.1, 0.15) is 0 Å². The fraction of sp³-hybridized carbons (Fsp3) is 0.467. The van der Waals surface area contributed by atoms with Crippen molar-refractivity contribution in [1.82, 2.24) is 5.32 Å². The van der Waals surface area contributed by atoms with Gasteiger partial charge in [0, 0.05) is 0 Å². The zero-order valence-corrected chi connectivity index (χ0v) is 14.0.